The quantitative estimate of drug-likeness (QED) is 0.542. The Labute approximate surface area is 167 Å². The molecule has 0 fully saturated rings. The third-order valence-corrected chi connectivity index (χ3v) is 5.92. The first kappa shape index (κ1) is 20.0. The Bertz CT molecular complexity index is 1030. The SMILES string of the molecule is Cc1cc([N-]S(=O)(=O)c2ccc(NC(=O)CCSc3ccccc3)cc2)no1. The third kappa shape index (κ3) is 5.61. The van der Waals surface area contributed by atoms with E-state index in [1.165, 1.54) is 30.3 Å². The minimum absolute atomic E-state index is 0.00536. The van der Waals surface area contributed by atoms with Crippen LogP contribution < -0.4 is 5.32 Å². The summed E-state index contributed by atoms with van der Waals surface area (Å²) >= 11 is 1.60. The molecule has 28 heavy (non-hydrogen) atoms. The Balaban J connectivity index is 1.52. The topological polar surface area (TPSA) is 103 Å². The van der Waals surface area contributed by atoms with Crippen molar-refractivity contribution in [3.05, 3.63) is 71.1 Å². The van der Waals surface area contributed by atoms with Gasteiger partial charge in [-0.05, 0) is 55.2 Å². The van der Waals surface area contributed by atoms with Crippen LogP contribution in [0.5, 0.6) is 0 Å². The fourth-order valence-electron chi connectivity index (χ4n) is 2.28. The molecule has 1 amide bonds. The van der Waals surface area contributed by atoms with Crippen molar-refractivity contribution in [2.24, 2.45) is 0 Å². The zero-order valence-corrected chi connectivity index (χ0v) is 16.7. The Morgan fingerprint density at radius 3 is 2.50 bits per heavy atom. The second-order valence-electron chi connectivity index (χ2n) is 5.85. The number of sulfonamides is 1. The summed E-state index contributed by atoms with van der Waals surface area (Å²) in [5.74, 6) is 0.975. The highest BCUT2D eigenvalue weighted by Gasteiger charge is 2.11. The number of nitrogens with zero attached hydrogens (tertiary/aromatic N) is 2. The van der Waals surface area contributed by atoms with Crippen LogP contribution in [0.25, 0.3) is 4.72 Å². The van der Waals surface area contributed by atoms with Crippen molar-refractivity contribution in [1.82, 2.24) is 5.16 Å². The predicted molar refractivity (Wildman–Crippen MR) is 108 cm³/mol. The summed E-state index contributed by atoms with van der Waals surface area (Å²) in [7, 11) is -3.90. The van der Waals surface area contributed by atoms with Crippen molar-refractivity contribution in [2.45, 2.75) is 23.1 Å². The number of benzene rings is 2. The van der Waals surface area contributed by atoms with Crippen molar-refractivity contribution < 1.29 is 17.7 Å². The van der Waals surface area contributed by atoms with Gasteiger partial charge in [0, 0.05) is 22.8 Å². The van der Waals surface area contributed by atoms with Gasteiger partial charge in [0.05, 0.1) is 4.90 Å². The van der Waals surface area contributed by atoms with E-state index in [4.69, 9.17) is 4.52 Å². The Hall–Kier alpha value is -2.78. The number of nitrogens with one attached hydrogen (secondary N) is 1. The van der Waals surface area contributed by atoms with E-state index in [1.807, 2.05) is 30.3 Å². The molecule has 0 unspecified atom stereocenters. The van der Waals surface area contributed by atoms with Crippen molar-refractivity contribution >= 4 is 39.2 Å². The van der Waals surface area contributed by atoms with Gasteiger partial charge in [0.1, 0.15) is 5.76 Å². The lowest BCUT2D eigenvalue weighted by Gasteiger charge is -2.12. The molecule has 0 spiro atoms. The van der Waals surface area contributed by atoms with Gasteiger partial charge in [0.25, 0.3) is 0 Å². The van der Waals surface area contributed by atoms with Crippen molar-refractivity contribution in [3.8, 4) is 0 Å². The number of rotatable bonds is 8. The van der Waals surface area contributed by atoms with Crippen LogP contribution in [0.3, 0.4) is 0 Å². The van der Waals surface area contributed by atoms with Crippen molar-refractivity contribution in [2.75, 3.05) is 11.1 Å². The summed E-state index contributed by atoms with van der Waals surface area (Å²) in [6, 6.07) is 17.1. The maximum absolute atomic E-state index is 12.3. The molecule has 1 aromatic heterocycles. The van der Waals surface area contributed by atoms with E-state index >= 15 is 0 Å². The molecule has 1 N–H and O–H groups in total. The maximum Gasteiger partial charge on any atom is 0.225 e. The Kier molecular flexibility index (Phi) is 6.37. The predicted octanol–water partition coefficient (Wildman–Crippen LogP) is 4.50. The Morgan fingerprint density at radius 2 is 1.86 bits per heavy atom. The number of thioether (sulfide) groups is 1. The molecule has 0 aliphatic carbocycles. The van der Waals surface area contributed by atoms with Gasteiger partial charge in [-0.1, -0.05) is 18.2 Å². The molecule has 0 bridgehead atoms. The summed E-state index contributed by atoms with van der Waals surface area (Å²) in [6.07, 6.45) is 0.348. The maximum atomic E-state index is 12.3. The van der Waals surface area contributed by atoms with Crippen LogP contribution in [0, 0.1) is 6.92 Å². The lowest BCUT2D eigenvalue weighted by Crippen LogP contribution is -2.12. The largest absolute Gasteiger partial charge is 0.460 e. The highest BCUT2D eigenvalue weighted by molar-refractivity contribution is 7.99. The number of carbonyl (C=O) groups excluding carboxylic acids is 1. The van der Waals surface area contributed by atoms with E-state index in [1.54, 1.807) is 18.7 Å². The number of carbonyl (C=O) groups is 1. The molecule has 3 aromatic rings. The Morgan fingerprint density at radius 1 is 1.14 bits per heavy atom. The zero-order chi connectivity index (χ0) is 20.0. The first-order valence-corrected chi connectivity index (χ1v) is 10.8. The number of hydrogen-bond acceptors (Lipinski definition) is 6. The monoisotopic (exact) mass is 416 g/mol. The fraction of sp³-hybridized carbons (Fsp3) is 0.158. The van der Waals surface area contributed by atoms with Gasteiger partial charge in [0.15, 0.2) is 0 Å². The molecular formula is C19H18N3O4S2-. The molecule has 9 heteroatoms. The molecule has 146 valence electrons. The smallest absolute Gasteiger partial charge is 0.225 e. The van der Waals surface area contributed by atoms with Crippen LogP contribution in [0.2, 0.25) is 0 Å². The summed E-state index contributed by atoms with van der Waals surface area (Å²) in [5.41, 5.74) is 0.519. The van der Waals surface area contributed by atoms with Crippen LogP contribution in [-0.2, 0) is 14.8 Å². The van der Waals surface area contributed by atoms with E-state index in [-0.39, 0.29) is 16.6 Å². The van der Waals surface area contributed by atoms with E-state index in [2.05, 4.69) is 15.2 Å². The van der Waals surface area contributed by atoms with Crippen LogP contribution >= 0.6 is 11.8 Å². The number of hydrogen-bond donors (Lipinski definition) is 1. The molecule has 3 rings (SSSR count). The third-order valence-electron chi connectivity index (χ3n) is 3.61. The van der Waals surface area contributed by atoms with Crippen LogP contribution in [0.4, 0.5) is 11.5 Å². The molecular weight excluding hydrogens is 398 g/mol. The van der Waals surface area contributed by atoms with Gasteiger partial charge in [-0.25, -0.2) is 8.42 Å². The van der Waals surface area contributed by atoms with Crippen molar-refractivity contribution in [3.63, 3.8) is 0 Å². The van der Waals surface area contributed by atoms with E-state index in [0.717, 1.165) is 4.90 Å². The number of anilines is 1. The lowest BCUT2D eigenvalue weighted by atomic mass is 10.3. The van der Waals surface area contributed by atoms with E-state index in [0.29, 0.717) is 23.6 Å². The van der Waals surface area contributed by atoms with Crippen LogP contribution in [0.1, 0.15) is 12.2 Å². The normalized spacial score (nSPS) is 11.2. The molecule has 1 heterocycles. The van der Waals surface area contributed by atoms with E-state index < -0.39 is 10.0 Å². The first-order valence-electron chi connectivity index (χ1n) is 8.41. The van der Waals surface area contributed by atoms with Gasteiger partial charge in [0.2, 0.25) is 15.9 Å². The standard InChI is InChI=1S/C19H19N3O4S2/c1-14-13-18(21-26-14)22-28(24,25)17-9-7-15(8-10-17)20-19(23)11-12-27-16-5-3-2-4-6-16/h2-10,13H,11-12H2,1H3,(H2,20,21,22,23)/p-1. The van der Waals surface area contributed by atoms with Gasteiger partial charge in [-0.3, -0.25) is 9.95 Å². The van der Waals surface area contributed by atoms with Gasteiger partial charge in [-0.15, -0.1) is 11.8 Å². The second kappa shape index (κ2) is 8.94. The number of aromatic nitrogens is 1. The van der Waals surface area contributed by atoms with E-state index in [9.17, 15) is 13.2 Å². The summed E-state index contributed by atoms with van der Waals surface area (Å²) < 4.78 is 33.0. The summed E-state index contributed by atoms with van der Waals surface area (Å²) in [6.45, 7) is 1.65. The van der Waals surface area contributed by atoms with Crippen LogP contribution in [0.15, 0.2) is 75.0 Å². The molecule has 7 nitrogen and oxygen atoms in total. The average Bonchev–Trinajstić information content (AvgIpc) is 3.07. The molecule has 2 aromatic carbocycles. The molecule has 0 atom stereocenters. The summed E-state index contributed by atoms with van der Waals surface area (Å²) in [4.78, 5) is 13.2. The minimum atomic E-state index is -3.90. The van der Waals surface area contributed by atoms with Gasteiger partial charge >= 0.3 is 0 Å². The van der Waals surface area contributed by atoms with Gasteiger partial charge < -0.3 is 14.6 Å². The average molecular weight is 417 g/mol. The molecule has 0 saturated heterocycles. The molecule has 0 aliphatic heterocycles. The molecule has 0 aliphatic rings. The summed E-state index contributed by atoms with van der Waals surface area (Å²) in [5, 5.41) is 6.31. The molecule has 0 radical (unpaired) electrons. The number of aryl methyl sites for hydroxylation is 1. The fourth-order valence-corrected chi connectivity index (χ4v) is 4.07. The highest BCUT2D eigenvalue weighted by Crippen LogP contribution is 2.27. The lowest BCUT2D eigenvalue weighted by molar-refractivity contribution is -0.115. The molecule has 0 saturated carbocycles. The van der Waals surface area contributed by atoms with Gasteiger partial charge in [-0.2, -0.15) is 0 Å². The highest BCUT2D eigenvalue weighted by atomic mass is 32.2. The van der Waals surface area contributed by atoms with Crippen LogP contribution in [-0.4, -0.2) is 25.2 Å². The second-order valence-corrected chi connectivity index (χ2v) is 8.62. The zero-order valence-electron chi connectivity index (χ0n) is 15.0. The van der Waals surface area contributed by atoms with Crippen molar-refractivity contribution in [1.29, 1.82) is 0 Å². The minimum Gasteiger partial charge on any atom is -0.460 e. The number of amides is 1. The first-order chi connectivity index (χ1) is 13.4.